The zero-order valence-corrected chi connectivity index (χ0v) is 11.5. The molecule has 0 saturated carbocycles. The van der Waals surface area contributed by atoms with Gasteiger partial charge in [0.25, 0.3) is 0 Å². The molecule has 3 rings (SSSR count). The lowest BCUT2D eigenvalue weighted by molar-refractivity contribution is -0.918. The molecular formula is C16H21N2O+. The molecule has 2 N–H and O–H groups in total. The summed E-state index contributed by atoms with van der Waals surface area (Å²) in [5, 5.41) is 0.819. The highest BCUT2D eigenvalue weighted by atomic mass is 16.1. The molecule has 1 aliphatic rings. The molecule has 0 unspecified atom stereocenters. The Labute approximate surface area is 113 Å². The summed E-state index contributed by atoms with van der Waals surface area (Å²) < 4.78 is 0. The molecule has 0 aliphatic carbocycles. The highest BCUT2D eigenvalue weighted by molar-refractivity contribution is 5.79. The van der Waals surface area contributed by atoms with E-state index < -0.39 is 0 Å². The second kappa shape index (κ2) is 5.17. The maximum absolute atomic E-state index is 12.6. The molecular weight excluding hydrogens is 236 g/mol. The fraction of sp³-hybridized carbons (Fsp3) is 0.438. The van der Waals surface area contributed by atoms with E-state index in [2.05, 4.69) is 4.98 Å². The molecule has 1 saturated heterocycles. The number of para-hydroxylation sites is 1. The molecule has 3 nitrogen and oxygen atoms in total. The smallest absolute Gasteiger partial charge is 0.198 e. The van der Waals surface area contributed by atoms with Gasteiger partial charge in [-0.1, -0.05) is 12.1 Å². The normalized spacial score (nSPS) is 16.9. The number of likely N-dealkylation sites (tertiary alicyclic amines) is 1. The minimum atomic E-state index is 0.213. The van der Waals surface area contributed by atoms with Gasteiger partial charge >= 0.3 is 0 Å². The van der Waals surface area contributed by atoms with E-state index in [0.717, 1.165) is 28.7 Å². The number of piperidine rings is 1. The molecule has 1 aromatic heterocycles. The molecule has 1 aliphatic heterocycles. The van der Waals surface area contributed by atoms with Crippen molar-refractivity contribution in [3.8, 4) is 0 Å². The number of nitrogens with one attached hydrogen (secondary N) is 2. The van der Waals surface area contributed by atoms with E-state index in [-0.39, 0.29) is 5.43 Å². The first-order valence-corrected chi connectivity index (χ1v) is 7.20. The third kappa shape index (κ3) is 2.43. The van der Waals surface area contributed by atoms with Crippen molar-refractivity contribution in [1.29, 1.82) is 0 Å². The topological polar surface area (TPSA) is 37.3 Å². The lowest BCUT2D eigenvalue weighted by atomic mass is 10.1. The fourth-order valence-corrected chi connectivity index (χ4v) is 3.09. The third-order valence-corrected chi connectivity index (χ3v) is 4.21. The summed E-state index contributed by atoms with van der Waals surface area (Å²) in [5.41, 5.74) is 3.16. The van der Waals surface area contributed by atoms with Gasteiger partial charge in [-0.3, -0.25) is 4.79 Å². The third-order valence-electron chi connectivity index (χ3n) is 4.21. The summed E-state index contributed by atoms with van der Waals surface area (Å²) in [7, 11) is 0. The summed E-state index contributed by atoms with van der Waals surface area (Å²) in [6, 6.07) is 7.79. The Morgan fingerprint density at radius 3 is 2.68 bits per heavy atom. The lowest BCUT2D eigenvalue weighted by Crippen LogP contribution is -3.11. The van der Waals surface area contributed by atoms with E-state index in [0.29, 0.717) is 0 Å². The Morgan fingerprint density at radius 1 is 1.16 bits per heavy atom. The molecule has 19 heavy (non-hydrogen) atoms. The molecule has 1 fully saturated rings. The highest BCUT2D eigenvalue weighted by Crippen LogP contribution is 2.10. The van der Waals surface area contributed by atoms with Crippen LogP contribution in [0.4, 0.5) is 0 Å². The van der Waals surface area contributed by atoms with Gasteiger partial charge in [-0.2, -0.15) is 0 Å². The zero-order chi connectivity index (χ0) is 13.2. The number of aromatic nitrogens is 1. The number of quaternary nitrogens is 1. The molecule has 2 heterocycles. The van der Waals surface area contributed by atoms with Crippen LogP contribution in [0.5, 0.6) is 0 Å². The van der Waals surface area contributed by atoms with Gasteiger partial charge in [0.15, 0.2) is 5.43 Å². The van der Waals surface area contributed by atoms with Crippen LogP contribution in [0.15, 0.2) is 29.1 Å². The van der Waals surface area contributed by atoms with Crippen molar-refractivity contribution in [1.82, 2.24) is 4.98 Å². The van der Waals surface area contributed by atoms with E-state index in [1.54, 1.807) is 4.90 Å². The van der Waals surface area contributed by atoms with Crippen molar-refractivity contribution in [2.24, 2.45) is 0 Å². The Hall–Kier alpha value is -1.61. The second-order valence-electron chi connectivity index (χ2n) is 5.59. The number of pyridine rings is 1. The van der Waals surface area contributed by atoms with Crippen LogP contribution >= 0.6 is 0 Å². The van der Waals surface area contributed by atoms with E-state index in [9.17, 15) is 4.79 Å². The largest absolute Gasteiger partial charge is 0.358 e. The van der Waals surface area contributed by atoms with E-state index in [1.807, 2.05) is 31.2 Å². The summed E-state index contributed by atoms with van der Waals surface area (Å²) >= 11 is 0. The zero-order valence-electron chi connectivity index (χ0n) is 11.5. The number of fused-ring (bicyclic) bond motifs is 1. The van der Waals surface area contributed by atoms with Crippen molar-refractivity contribution >= 4 is 10.9 Å². The van der Waals surface area contributed by atoms with Crippen LogP contribution in [0.3, 0.4) is 0 Å². The van der Waals surface area contributed by atoms with Crippen LogP contribution in [0.25, 0.3) is 10.9 Å². The number of hydrogen-bond acceptors (Lipinski definition) is 1. The van der Waals surface area contributed by atoms with Crippen molar-refractivity contribution in [3.05, 3.63) is 45.7 Å². The highest BCUT2D eigenvalue weighted by Gasteiger charge is 2.18. The molecule has 100 valence electrons. The molecule has 0 bridgehead atoms. The predicted octanol–water partition coefficient (Wildman–Crippen LogP) is 1.41. The van der Waals surface area contributed by atoms with Crippen LogP contribution in [-0.4, -0.2) is 18.1 Å². The fourth-order valence-electron chi connectivity index (χ4n) is 3.09. The van der Waals surface area contributed by atoms with Crippen LogP contribution in [-0.2, 0) is 6.54 Å². The maximum atomic E-state index is 12.6. The Morgan fingerprint density at radius 2 is 1.89 bits per heavy atom. The van der Waals surface area contributed by atoms with Crippen molar-refractivity contribution in [2.45, 2.75) is 32.7 Å². The van der Waals surface area contributed by atoms with Gasteiger partial charge in [0, 0.05) is 16.6 Å². The van der Waals surface area contributed by atoms with Crippen LogP contribution < -0.4 is 10.3 Å². The van der Waals surface area contributed by atoms with Crippen LogP contribution in [0, 0.1) is 6.92 Å². The Bertz CT molecular complexity index is 639. The van der Waals surface area contributed by atoms with Crippen LogP contribution in [0.1, 0.15) is 30.5 Å². The van der Waals surface area contributed by atoms with Gasteiger partial charge < -0.3 is 9.88 Å². The van der Waals surface area contributed by atoms with E-state index in [4.69, 9.17) is 0 Å². The first kappa shape index (κ1) is 12.4. The second-order valence-corrected chi connectivity index (χ2v) is 5.59. The standard InChI is InChI=1S/C16H20N2O/c1-12-14(11-18-9-5-2-6-10-18)16(19)13-7-3-4-8-15(13)17-12/h3-4,7-8H,2,5-6,9-11H2,1H3,(H,17,19)/p+1. The van der Waals surface area contributed by atoms with Gasteiger partial charge in [0.2, 0.25) is 0 Å². The Balaban J connectivity index is 2.00. The number of rotatable bonds is 2. The van der Waals surface area contributed by atoms with Gasteiger partial charge in [-0.05, 0) is 38.3 Å². The van der Waals surface area contributed by atoms with E-state index in [1.165, 1.54) is 32.4 Å². The minimum absolute atomic E-state index is 0.213. The molecule has 0 radical (unpaired) electrons. The number of hydrogen-bond donors (Lipinski definition) is 2. The predicted molar refractivity (Wildman–Crippen MR) is 77.6 cm³/mol. The van der Waals surface area contributed by atoms with Gasteiger partial charge in [0.05, 0.1) is 18.7 Å². The summed E-state index contributed by atoms with van der Waals surface area (Å²) in [5.74, 6) is 0. The quantitative estimate of drug-likeness (QED) is 0.838. The van der Waals surface area contributed by atoms with Gasteiger partial charge in [-0.15, -0.1) is 0 Å². The SMILES string of the molecule is Cc1[nH]c2ccccc2c(=O)c1C[NH+]1CCCCC1. The van der Waals surface area contributed by atoms with Gasteiger partial charge in [0.1, 0.15) is 6.54 Å². The molecule has 0 spiro atoms. The molecule has 1 aromatic carbocycles. The van der Waals surface area contributed by atoms with Crippen molar-refractivity contribution in [2.75, 3.05) is 13.1 Å². The molecule has 0 atom stereocenters. The number of H-pyrrole nitrogens is 1. The molecule has 3 heteroatoms. The summed E-state index contributed by atoms with van der Waals surface area (Å²) in [6.07, 6.45) is 3.93. The van der Waals surface area contributed by atoms with Crippen molar-refractivity contribution < 1.29 is 4.90 Å². The number of aromatic amines is 1. The summed E-state index contributed by atoms with van der Waals surface area (Å²) in [6.45, 7) is 5.29. The average Bonchev–Trinajstić information content (AvgIpc) is 2.45. The average molecular weight is 257 g/mol. The first-order valence-electron chi connectivity index (χ1n) is 7.20. The van der Waals surface area contributed by atoms with Crippen molar-refractivity contribution in [3.63, 3.8) is 0 Å². The van der Waals surface area contributed by atoms with Gasteiger partial charge in [-0.25, -0.2) is 0 Å². The summed E-state index contributed by atoms with van der Waals surface area (Å²) in [4.78, 5) is 17.5. The monoisotopic (exact) mass is 257 g/mol. The molecule has 2 aromatic rings. The number of benzene rings is 1. The number of aryl methyl sites for hydroxylation is 1. The van der Waals surface area contributed by atoms with Crippen LogP contribution in [0.2, 0.25) is 0 Å². The molecule has 0 amide bonds. The first-order chi connectivity index (χ1) is 9.25. The van der Waals surface area contributed by atoms with E-state index >= 15 is 0 Å². The minimum Gasteiger partial charge on any atom is -0.358 e. The lowest BCUT2D eigenvalue weighted by Gasteiger charge is -2.24. The maximum Gasteiger partial charge on any atom is 0.198 e. The Kier molecular flexibility index (Phi) is 3.38.